The number of primary amides is 1. The SMILES string of the molecule is COC(C(=O)N1CCc2c(cn(-c3ccc(F)cc3)c(=O)c2C(N)=O)C1)c1ccccc1. The van der Waals surface area contributed by atoms with Gasteiger partial charge in [0.05, 0.1) is 0 Å². The summed E-state index contributed by atoms with van der Waals surface area (Å²) in [4.78, 5) is 40.0. The first kappa shape index (κ1) is 21.5. The molecular formula is C24H22FN3O4. The molecule has 3 aromatic rings. The fraction of sp³-hybridized carbons (Fsp3) is 0.208. The Morgan fingerprint density at radius 1 is 1.09 bits per heavy atom. The lowest BCUT2D eigenvalue weighted by atomic mass is 9.95. The number of rotatable bonds is 5. The highest BCUT2D eigenvalue weighted by atomic mass is 19.1. The summed E-state index contributed by atoms with van der Waals surface area (Å²) in [5.74, 6) is -1.50. The topological polar surface area (TPSA) is 94.6 Å². The number of benzene rings is 2. The van der Waals surface area contributed by atoms with E-state index in [-0.39, 0.29) is 18.0 Å². The zero-order valence-corrected chi connectivity index (χ0v) is 17.5. The van der Waals surface area contributed by atoms with Gasteiger partial charge in [-0.25, -0.2) is 4.39 Å². The Labute approximate surface area is 183 Å². The molecule has 2 heterocycles. The van der Waals surface area contributed by atoms with Crippen LogP contribution in [0.1, 0.15) is 33.2 Å². The van der Waals surface area contributed by atoms with Gasteiger partial charge < -0.3 is 15.4 Å². The van der Waals surface area contributed by atoms with Crippen molar-refractivity contribution in [3.8, 4) is 5.69 Å². The molecule has 0 radical (unpaired) electrons. The summed E-state index contributed by atoms with van der Waals surface area (Å²) < 4.78 is 20.1. The number of carbonyl (C=O) groups is 2. The quantitative estimate of drug-likeness (QED) is 0.666. The molecule has 0 bridgehead atoms. The average molecular weight is 435 g/mol. The fourth-order valence-corrected chi connectivity index (χ4v) is 4.06. The van der Waals surface area contributed by atoms with Gasteiger partial charge in [0.25, 0.3) is 17.4 Å². The van der Waals surface area contributed by atoms with Gasteiger partial charge in [-0.15, -0.1) is 0 Å². The molecule has 8 heteroatoms. The van der Waals surface area contributed by atoms with Gasteiger partial charge >= 0.3 is 0 Å². The molecule has 4 rings (SSSR count). The van der Waals surface area contributed by atoms with E-state index in [2.05, 4.69) is 0 Å². The molecule has 7 nitrogen and oxygen atoms in total. The van der Waals surface area contributed by atoms with E-state index in [0.29, 0.717) is 29.8 Å². The summed E-state index contributed by atoms with van der Waals surface area (Å²) in [6.45, 7) is 0.501. The van der Waals surface area contributed by atoms with Gasteiger partial charge in [-0.1, -0.05) is 30.3 Å². The largest absolute Gasteiger partial charge is 0.367 e. The first-order valence-corrected chi connectivity index (χ1v) is 10.1. The number of nitrogens with zero attached hydrogens (tertiary/aromatic N) is 2. The Hall–Kier alpha value is -3.78. The fourth-order valence-electron chi connectivity index (χ4n) is 4.06. The number of nitrogens with two attached hydrogens (primary N) is 1. The van der Waals surface area contributed by atoms with Crippen LogP contribution in [0.5, 0.6) is 0 Å². The second-order valence-corrected chi connectivity index (χ2v) is 7.56. The number of methoxy groups -OCH3 is 1. The Bertz CT molecular complexity index is 1220. The highest BCUT2D eigenvalue weighted by Crippen LogP contribution is 2.26. The third-order valence-electron chi connectivity index (χ3n) is 5.63. The van der Waals surface area contributed by atoms with E-state index in [1.807, 2.05) is 30.3 Å². The van der Waals surface area contributed by atoms with Crippen LogP contribution in [-0.4, -0.2) is 34.9 Å². The number of halogens is 1. The number of carbonyl (C=O) groups excluding carboxylic acids is 2. The molecule has 2 N–H and O–H groups in total. The van der Waals surface area contributed by atoms with E-state index in [9.17, 15) is 18.8 Å². The number of amides is 2. The van der Waals surface area contributed by atoms with Gasteiger partial charge in [0.2, 0.25) is 0 Å². The summed E-state index contributed by atoms with van der Waals surface area (Å²) >= 11 is 0. The Balaban J connectivity index is 1.73. The van der Waals surface area contributed by atoms with E-state index >= 15 is 0 Å². The summed E-state index contributed by atoms with van der Waals surface area (Å²) in [6.07, 6.45) is 1.13. The molecule has 2 aromatic carbocycles. The van der Waals surface area contributed by atoms with Crippen molar-refractivity contribution in [2.45, 2.75) is 19.1 Å². The van der Waals surface area contributed by atoms with Crippen molar-refractivity contribution in [2.24, 2.45) is 5.73 Å². The predicted octanol–water partition coefficient (Wildman–Crippen LogP) is 2.35. The van der Waals surface area contributed by atoms with Gasteiger partial charge in [0, 0.05) is 32.1 Å². The van der Waals surface area contributed by atoms with Gasteiger partial charge in [0.1, 0.15) is 11.4 Å². The van der Waals surface area contributed by atoms with Crippen molar-refractivity contribution >= 4 is 11.8 Å². The first-order valence-electron chi connectivity index (χ1n) is 10.1. The van der Waals surface area contributed by atoms with Crippen LogP contribution in [0.25, 0.3) is 5.69 Å². The van der Waals surface area contributed by atoms with Crippen LogP contribution in [0.3, 0.4) is 0 Å². The van der Waals surface area contributed by atoms with E-state index < -0.39 is 23.4 Å². The highest BCUT2D eigenvalue weighted by molar-refractivity contribution is 5.94. The lowest BCUT2D eigenvalue weighted by Crippen LogP contribution is -2.42. The zero-order valence-electron chi connectivity index (χ0n) is 17.5. The lowest BCUT2D eigenvalue weighted by molar-refractivity contribution is -0.143. The third kappa shape index (κ3) is 3.92. The van der Waals surface area contributed by atoms with Crippen LogP contribution in [0, 0.1) is 5.82 Å². The van der Waals surface area contributed by atoms with Crippen molar-refractivity contribution < 1.29 is 18.7 Å². The maximum Gasteiger partial charge on any atom is 0.268 e. The second kappa shape index (κ2) is 8.76. The van der Waals surface area contributed by atoms with Gasteiger partial charge in [-0.3, -0.25) is 19.0 Å². The molecule has 1 aliphatic rings. The second-order valence-electron chi connectivity index (χ2n) is 7.56. The molecular weight excluding hydrogens is 413 g/mol. The van der Waals surface area contributed by atoms with Crippen LogP contribution in [-0.2, 0) is 22.5 Å². The standard InChI is InChI=1S/C24H22FN3O4/c1-32-21(15-5-3-2-4-6-15)24(31)27-12-11-19-16(13-27)14-28(23(30)20(19)22(26)29)18-9-7-17(25)8-10-18/h2-10,14,21H,11-13H2,1H3,(H2,26,29). The Kier molecular flexibility index (Phi) is 5.87. The van der Waals surface area contributed by atoms with E-state index in [1.54, 1.807) is 11.1 Å². The first-order chi connectivity index (χ1) is 15.4. The van der Waals surface area contributed by atoms with E-state index in [4.69, 9.17) is 10.5 Å². The van der Waals surface area contributed by atoms with Crippen LogP contribution in [0.15, 0.2) is 65.6 Å². The van der Waals surface area contributed by atoms with Crippen LogP contribution in [0.2, 0.25) is 0 Å². The van der Waals surface area contributed by atoms with E-state index in [1.165, 1.54) is 35.9 Å². The molecule has 2 amide bonds. The lowest BCUT2D eigenvalue weighted by Gasteiger charge is -2.32. The Morgan fingerprint density at radius 3 is 2.41 bits per heavy atom. The van der Waals surface area contributed by atoms with Gasteiger partial charge in [-0.05, 0) is 47.4 Å². The van der Waals surface area contributed by atoms with E-state index in [0.717, 1.165) is 5.56 Å². The molecule has 0 saturated heterocycles. The summed E-state index contributed by atoms with van der Waals surface area (Å²) in [7, 11) is 1.48. The average Bonchev–Trinajstić information content (AvgIpc) is 2.80. The minimum atomic E-state index is -0.832. The molecule has 1 aliphatic heterocycles. The molecule has 164 valence electrons. The van der Waals surface area contributed by atoms with Crippen molar-refractivity contribution in [3.63, 3.8) is 0 Å². The minimum Gasteiger partial charge on any atom is -0.367 e. The normalized spacial score (nSPS) is 14.0. The summed E-state index contributed by atoms with van der Waals surface area (Å²) in [5.41, 5.74) is 7.16. The monoisotopic (exact) mass is 435 g/mol. The van der Waals surface area contributed by atoms with Crippen molar-refractivity contribution in [3.05, 3.63) is 99.2 Å². The van der Waals surface area contributed by atoms with Crippen LogP contribution >= 0.6 is 0 Å². The maximum atomic E-state index is 13.4. The van der Waals surface area contributed by atoms with Crippen molar-refractivity contribution in [1.29, 1.82) is 0 Å². The molecule has 1 unspecified atom stereocenters. The summed E-state index contributed by atoms with van der Waals surface area (Å²) in [6, 6.07) is 14.5. The number of pyridine rings is 1. The molecule has 1 aromatic heterocycles. The van der Waals surface area contributed by atoms with Crippen LogP contribution < -0.4 is 11.3 Å². The predicted molar refractivity (Wildman–Crippen MR) is 116 cm³/mol. The molecule has 1 atom stereocenters. The molecule has 32 heavy (non-hydrogen) atoms. The number of ether oxygens (including phenoxy) is 1. The smallest absolute Gasteiger partial charge is 0.268 e. The molecule has 0 spiro atoms. The molecule has 0 saturated carbocycles. The van der Waals surface area contributed by atoms with Crippen molar-refractivity contribution in [2.75, 3.05) is 13.7 Å². The minimum absolute atomic E-state index is 0.106. The number of fused-ring (bicyclic) bond motifs is 1. The van der Waals surface area contributed by atoms with Gasteiger partial charge in [-0.2, -0.15) is 0 Å². The zero-order chi connectivity index (χ0) is 22.8. The van der Waals surface area contributed by atoms with Crippen LogP contribution in [0.4, 0.5) is 4.39 Å². The summed E-state index contributed by atoms with van der Waals surface area (Å²) in [5, 5.41) is 0. The Morgan fingerprint density at radius 2 is 1.78 bits per heavy atom. The van der Waals surface area contributed by atoms with Gasteiger partial charge in [0.15, 0.2) is 6.10 Å². The highest BCUT2D eigenvalue weighted by Gasteiger charge is 2.31. The van der Waals surface area contributed by atoms with Crippen molar-refractivity contribution in [1.82, 2.24) is 9.47 Å². The maximum absolute atomic E-state index is 13.4. The number of hydrogen-bond donors (Lipinski definition) is 1. The molecule has 0 aliphatic carbocycles. The number of hydrogen-bond acceptors (Lipinski definition) is 4. The molecule has 0 fully saturated rings. The number of aromatic nitrogens is 1. The third-order valence-corrected chi connectivity index (χ3v) is 5.63.